The molecular formula is C22H29N7O2. The van der Waals surface area contributed by atoms with Gasteiger partial charge in [0.15, 0.2) is 5.82 Å². The van der Waals surface area contributed by atoms with E-state index in [0.29, 0.717) is 17.9 Å². The summed E-state index contributed by atoms with van der Waals surface area (Å²) in [7, 11) is 2.12. The first-order valence-corrected chi connectivity index (χ1v) is 11.0. The molecule has 2 aliphatic heterocycles. The first kappa shape index (κ1) is 20.3. The van der Waals surface area contributed by atoms with Gasteiger partial charge in [0.1, 0.15) is 6.04 Å². The van der Waals surface area contributed by atoms with Gasteiger partial charge in [0.05, 0.1) is 18.2 Å². The fourth-order valence-corrected chi connectivity index (χ4v) is 4.70. The van der Waals surface area contributed by atoms with Gasteiger partial charge in [-0.1, -0.05) is 18.2 Å². The minimum atomic E-state index is -0.307. The van der Waals surface area contributed by atoms with E-state index in [2.05, 4.69) is 37.4 Å². The second kappa shape index (κ2) is 8.49. The highest BCUT2D eigenvalue weighted by atomic mass is 16.5. The summed E-state index contributed by atoms with van der Waals surface area (Å²) in [6.45, 7) is 6.98. The Balaban J connectivity index is 1.59. The van der Waals surface area contributed by atoms with Gasteiger partial charge in [-0.3, -0.25) is 9.69 Å². The van der Waals surface area contributed by atoms with Crippen molar-refractivity contribution in [3.63, 3.8) is 0 Å². The van der Waals surface area contributed by atoms with Crippen molar-refractivity contribution in [1.29, 1.82) is 0 Å². The largest absolute Gasteiger partial charge is 0.376 e. The normalized spacial score (nSPS) is 21.7. The minimum Gasteiger partial charge on any atom is -0.376 e. The Hall–Kier alpha value is -2.62. The summed E-state index contributed by atoms with van der Waals surface area (Å²) >= 11 is 0. The predicted molar refractivity (Wildman–Crippen MR) is 117 cm³/mol. The van der Waals surface area contributed by atoms with Crippen molar-refractivity contribution in [2.75, 3.05) is 39.8 Å². The second-order valence-electron chi connectivity index (χ2n) is 8.69. The van der Waals surface area contributed by atoms with Gasteiger partial charge >= 0.3 is 0 Å². The second-order valence-corrected chi connectivity index (χ2v) is 8.69. The Morgan fingerprint density at radius 1 is 1.26 bits per heavy atom. The van der Waals surface area contributed by atoms with Crippen molar-refractivity contribution in [3.05, 3.63) is 51.6 Å². The topological polar surface area (TPSA) is 92.2 Å². The molecule has 0 saturated carbocycles. The van der Waals surface area contributed by atoms with Crippen molar-refractivity contribution in [3.8, 4) is 0 Å². The number of aromatic amines is 1. The highest BCUT2D eigenvalue weighted by Gasteiger charge is 2.33. The van der Waals surface area contributed by atoms with Crippen molar-refractivity contribution in [2.45, 2.75) is 38.5 Å². The number of pyridine rings is 1. The molecule has 2 aliphatic rings. The van der Waals surface area contributed by atoms with Crippen LogP contribution in [0.4, 0.5) is 0 Å². The van der Waals surface area contributed by atoms with Crippen molar-refractivity contribution in [2.24, 2.45) is 0 Å². The van der Waals surface area contributed by atoms with Gasteiger partial charge < -0.3 is 14.6 Å². The summed E-state index contributed by atoms with van der Waals surface area (Å²) in [6.07, 6.45) is 2.19. The van der Waals surface area contributed by atoms with E-state index in [1.165, 1.54) is 0 Å². The maximum atomic E-state index is 13.3. The third kappa shape index (κ3) is 4.00. The van der Waals surface area contributed by atoms with E-state index < -0.39 is 0 Å². The van der Waals surface area contributed by atoms with E-state index in [4.69, 9.17) is 4.74 Å². The molecule has 0 spiro atoms. The number of hydrogen-bond acceptors (Lipinski definition) is 7. The SMILES string of the molecule is Cc1cccc2cc([C@@H](c3nnnn3C[C@H]3CCCO3)N3CCN(C)CC3)c(=O)[nH]c12. The van der Waals surface area contributed by atoms with Crippen LogP contribution in [0.5, 0.6) is 0 Å². The number of aryl methyl sites for hydroxylation is 1. The van der Waals surface area contributed by atoms with E-state index >= 15 is 0 Å². The average molecular weight is 424 g/mol. The summed E-state index contributed by atoms with van der Waals surface area (Å²) in [6, 6.07) is 7.77. The van der Waals surface area contributed by atoms with Crippen LogP contribution in [-0.2, 0) is 11.3 Å². The number of aromatic nitrogens is 5. The lowest BCUT2D eigenvalue weighted by Gasteiger charge is -2.37. The third-order valence-corrected chi connectivity index (χ3v) is 6.52. The molecule has 9 nitrogen and oxygen atoms in total. The van der Waals surface area contributed by atoms with Crippen LogP contribution in [-0.4, -0.2) is 80.9 Å². The number of H-pyrrole nitrogens is 1. The van der Waals surface area contributed by atoms with E-state index in [0.717, 1.165) is 62.1 Å². The van der Waals surface area contributed by atoms with E-state index in [1.807, 2.05) is 35.9 Å². The molecule has 0 amide bonds. The number of nitrogens with zero attached hydrogens (tertiary/aromatic N) is 6. The van der Waals surface area contributed by atoms with Gasteiger partial charge in [-0.15, -0.1) is 5.10 Å². The van der Waals surface area contributed by atoms with Gasteiger partial charge in [0.25, 0.3) is 5.56 Å². The monoisotopic (exact) mass is 423 g/mol. The Kier molecular flexibility index (Phi) is 5.56. The van der Waals surface area contributed by atoms with Crippen molar-refractivity contribution in [1.82, 2.24) is 35.0 Å². The summed E-state index contributed by atoms with van der Waals surface area (Å²) in [4.78, 5) is 21.0. The summed E-state index contributed by atoms with van der Waals surface area (Å²) < 4.78 is 7.65. The van der Waals surface area contributed by atoms with Gasteiger partial charge in [0.2, 0.25) is 0 Å². The lowest BCUT2D eigenvalue weighted by atomic mass is 10.0. The Morgan fingerprint density at radius 3 is 2.87 bits per heavy atom. The summed E-state index contributed by atoms with van der Waals surface area (Å²) in [5.74, 6) is 0.706. The first-order chi connectivity index (χ1) is 15.1. The third-order valence-electron chi connectivity index (χ3n) is 6.52. The number of piperazine rings is 1. The van der Waals surface area contributed by atoms with Gasteiger partial charge in [-0.05, 0) is 54.3 Å². The fraction of sp³-hybridized carbons (Fsp3) is 0.545. The highest BCUT2D eigenvalue weighted by molar-refractivity contribution is 5.82. The number of fused-ring (bicyclic) bond motifs is 1. The smallest absolute Gasteiger partial charge is 0.253 e. The lowest BCUT2D eigenvalue weighted by molar-refractivity contribution is 0.0878. The molecule has 3 aromatic rings. The van der Waals surface area contributed by atoms with Crippen LogP contribution in [0.2, 0.25) is 0 Å². The highest BCUT2D eigenvalue weighted by Crippen LogP contribution is 2.28. The minimum absolute atomic E-state index is 0.0857. The average Bonchev–Trinajstić information content (AvgIpc) is 3.44. The van der Waals surface area contributed by atoms with Crippen LogP contribution < -0.4 is 5.56 Å². The predicted octanol–water partition coefficient (Wildman–Crippen LogP) is 1.34. The molecule has 164 valence electrons. The lowest BCUT2D eigenvalue weighted by Crippen LogP contribution is -2.47. The van der Waals surface area contributed by atoms with Crippen LogP contribution in [0.25, 0.3) is 10.9 Å². The quantitative estimate of drug-likeness (QED) is 0.662. The number of benzene rings is 1. The molecule has 4 heterocycles. The van der Waals surface area contributed by atoms with Crippen LogP contribution >= 0.6 is 0 Å². The molecule has 0 bridgehead atoms. The maximum absolute atomic E-state index is 13.3. The van der Waals surface area contributed by atoms with Crippen LogP contribution in [0.3, 0.4) is 0 Å². The van der Waals surface area contributed by atoms with Gasteiger partial charge in [-0.2, -0.15) is 0 Å². The summed E-state index contributed by atoms with van der Waals surface area (Å²) in [5, 5.41) is 13.7. The molecule has 2 aromatic heterocycles. The van der Waals surface area contributed by atoms with Crippen molar-refractivity contribution < 1.29 is 4.74 Å². The standard InChI is InChI=1S/C22H29N7O2/c1-15-5-3-6-16-13-18(22(30)23-19(15)16)20(28-10-8-27(2)9-11-28)21-24-25-26-29(21)14-17-7-4-12-31-17/h3,5-6,13,17,20H,4,7-12,14H2,1-2H3,(H,23,30)/t17-,20+/m1/s1. The molecule has 5 rings (SSSR count). The molecule has 0 radical (unpaired) electrons. The van der Waals surface area contributed by atoms with E-state index in [9.17, 15) is 4.79 Å². The molecule has 2 fully saturated rings. The molecule has 2 saturated heterocycles. The maximum Gasteiger partial charge on any atom is 0.253 e. The molecule has 9 heteroatoms. The zero-order valence-corrected chi connectivity index (χ0v) is 18.1. The van der Waals surface area contributed by atoms with Crippen LogP contribution in [0.15, 0.2) is 29.1 Å². The Morgan fingerprint density at radius 2 is 2.10 bits per heavy atom. The number of para-hydroxylation sites is 1. The number of nitrogens with one attached hydrogen (secondary N) is 1. The van der Waals surface area contributed by atoms with Crippen LogP contribution in [0.1, 0.15) is 35.8 Å². The Bertz CT molecular complexity index is 1110. The molecule has 1 N–H and O–H groups in total. The zero-order chi connectivity index (χ0) is 21.4. The number of likely N-dealkylation sites (N-methyl/N-ethyl adjacent to an activating group) is 1. The van der Waals surface area contributed by atoms with E-state index in [-0.39, 0.29) is 17.7 Å². The van der Waals surface area contributed by atoms with Crippen molar-refractivity contribution >= 4 is 10.9 Å². The fourth-order valence-electron chi connectivity index (χ4n) is 4.70. The number of rotatable bonds is 5. The van der Waals surface area contributed by atoms with Gasteiger partial charge in [0, 0.05) is 38.3 Å². The zero-order valence-electron chi connectivity index (χ0n) is 18.1. The Labute approximate surface area is 181 Å². The molecule has 0 aliphatic carbocycles. The number of tetrazole rings is 1. The summed E-state index contributed by atoms with van der Waals surface area (Å²) in [5.41, 5.74) is 2.54. The molecule has 31 heavy (non-hydrogen) atoms. The molecule has 1 aromatic carbocycles. The van der Waals surface area contributed by atoms with E-state index in [1.54, 1.807) is 0 Å². The molecule has 0 unspecified atom stereocenters. The number of hydrogen-bond donors (Lipinski definition) is 1. The number of ether oxygens (including phenoxy) is 1. The molecule has 2 atom stereocenters. The molecular weight excluding hydrogens is 394 g/mol. The first-order valence-electron chi connectivity index (χ1n) is 11.0. The van der Waals surface area contributed by atoms with Gasteiger partial charge in [-0.25, -0.2) is 4.68 Å². The van der Waals surface area contributed by atoms with Crippen LogP contribution in [0, 0.1) is 6.92 Å².